The van der Waals surface area contributed by atoms with Gasteiger partial charge in [0.25, 0.3) is 5.91 Å². The van der Waals surface area contributed by atoms with Gasteiger partial charge in [0.2, 0.25) is 5.91 Å². The van der Waals surface area contributed by atoms with Gasteiger partial charge in [0.1, 0.15) is 15.4 Å². The summed E-state index contributed by atoms with van der Waals surface area (Å²) >= 11 is 5.94. The molecular formula is C15H12BrN3O3S2. The van der Waals surface area contributed by atoms with Crippen molar-refractivity contribution < 1.29 is 14.7 Å². The molecule has 1 atom stereocenters. The Kier molecular flexibility index (Phi) is 5.12. The molecule has 0 spiro atoms. The number of thioether (sulfide) groups is 2. The molecule has 9 heteroatoms. The fraction of sp³-hybridized carbons (Fsp3) is 0.200. The zero-order valence-corrected chi connectivity index (χ0v) is 15.7. The lowest BCUT2D eigenvalue weighted by Gasteiger charge is -2.10. The van der Waals surface area contributed by atoms with Crippen LogP contribution in [-0.2, 0) is 9.59 Å². The first-order valence-electron chi connectivity index (χ1n) is 6.89. The summed E-state index contributed by atoms with van der Waals surface area (Å²) < 4.78 is 1.42. The van der Waals surface area contributed by atoms with Crippen molar-refractivity contribution in [3.8, 4) is 0 Å². The van der Waals surface area contributed by atoms with Crippen LogP contribution in [0.3, 0.4) is 0 Å². The highest BCUT2D eigenvalue weighted by Crippen LogP contribution is 2.35. The van der Waals surface area contributed by atoms with Gasteiger partial charge in [-0.1, -0.05) is 29.6 Å². The van der Waals surface area contributed by atoms with Crippen LogP contribution in [0.2, 0.25) is 0 Å². The van der Waals surface area contributed by atoms with Gasteiger partial charge in [-0.05, 0) is 40.5 Å². The minimum absolute atomic E-state index is 0.0533. The van der Waals surface area contributed by atoms with E-state index in [9.17, 15) is 14.7 Å². The summed E-state index contributed by atoms with van der Waals surface area (Å²) in [6, 6.07) is 5.68. The number of nitrogens with one attached hydrogen (secondary N) is 1. The summed E-state index contributed by atoms with van der Waals surface area (Å²) in [7, 11) is 0. The number of hydrogen-bond donors (Lipinski definition) is 2. The van der Waals surface area contributed by atoms with E-state index in [4.69, 9.17) is 0 Å². The number of hydrogen-bond acceptors (Lipinski definition) is 6. The maximum atomic E-state index is 12.1. The van der Waals surface area contributed by atoms with E-state index < -0.39 is 11.2 Å². The lowest BCUT2D eigenvalue weighted by Crippen LogP contribution is -2.20. The highest BCUT2D eigenvalue weighted by Gasteiger charge is 2.33. The minimum atomic E-state index is -0.517. The Hall–Kier alpha value is -1.58. The second-order valence-electron chi connectivity index (χ2n) is 5.07. The number of rotatable bonds is 3. The zero-order valence-electron chi connectivity index (χ0n) is 12.4. The van der Waals surface area contributed by atoms with Gasteiger partial charge in [-0.2, -0.15) is 4.99 Å². The first-order valence-corrected chi connectivity index (χ1v) is 9.55. The molecule has 0 fully saturated rings. The molecule has 0 saturated carbocycles. The molecule has 124 valence electrons. The van der Waals surface area contributed by atoms with Gasteiger partial charge in [0.05, 0.1) is 11.4 Å². The third-order valence-electron chi connectivity index (χ3n) is 3.15. The Balaban J connectivity index is 1.58. The van der Waals surface area contributed by atoms with E-state index in [2.05, 4.69) is 31.2 Å². The molecule has 0 radical (unpaired) electrons. The zero-order chi connectivity index (χ0) is 17.3. The quantitative estimate of drug-likeness (QED) is 0.774. The SMILES string of the molecule is Cc1ccc(NC(=O)CSC2=NC3=NC(=O)C=C(O)C3S2)c(Br)c1. The minimum Gasteiger partial charge on any atom is -0.510 e. The van der Waals surface area contributed by atoms with E-state index in [0.717, 1.165) is 16.1 Å². The fourth-order valence-electron chi connectivity index (χ4n) is 2.06. The van der Waals surface area contributed by atoms with Crippen LogP contribution in [0, 0.1) is 6.92 Å². The number of aliphatic hydroxyl groups excluding tert-OH is 1. The van der Waals surface area contributed by atoms with Gasteiger partial charge < -0.3 is 10.4 Å². The number of aryl methyl sites for hydroxylation is 1. The highest BCUT2D eigenvalue weighted by atomic mass is 79.9. The number of carbonyl (C=O) groups is 2. The Bertz CT molecular complexity index is 820. The van der Waals surface area contributed by atoms with Crippen molar-refractivity contribution in [3.63, 3.8) is 0 Å². The van der Waals surface area contributed by atoms with E-state index in [-0.39, 0.29) is 23.3 Å². The van der Waals surface area contributed by atoms with Gasteiger partial charge >= 0.3 is 0 Å². The number of nitrogens with zero attached hydrogens (tertiary/aromatic N) is 2. The third kappa shape index (κ3) is 3.90. The van der Waals surface area contributed by atoms with Gasteiger partial charge in [-0.25, -0.2) is 4.99 Å². The van der Waals surface area contributed by atoms with Crippen molar-refractivity contribution in [2.24, 2.45) is 9.98 Å². The number of fused-ring (bicyclic) bond motifs is 1. The van der Waals surface area contributed by atoms with Gasteiger partial charge in [0.15, 0.2) is 5.84 Å². The molecule has 2 heterocycles. The predicted octanol–water partition coefficient (Wildman–Crippen LogP) is 3.28. The van der Waals surface area contributed by atoms with Crippen molar-refractivity contribution in [1.82, 2.24) is 0 Å². The number of halogens is 1. The molecule has 1 unspecified atom stereocenters. The van der Waals surface area contributed by atoms with Crippen LogP contribution in [0.1, 0.15) is 5.56 Å². The van der Waals surface area contributed by atoms with Gasteiger partial charge in [-0.15, -0.1) is 0 Å². The first-order chi connectivity index (χ1) is 11.4. The number of dihydropyridines is 1. The number of amides is 2. The van der Waals surface area contributed by atoms with Crippen molar-refractivity contribution in [2.75, 3.05) is 11.1 Å². The summed E-state index contributed by atoms with van der Waals surface area (Å²) in [5.74, 6) is -0.279. The normalized spacial score (nSPS) is 19.3. The number of carbonyl (C=O) groups excluding carboxylic acids is 2. The van der Waals surface area contributed by atoms with Gasteiger partial charge in [-0.3, -0.25) is 9.59 Å². The Morgan fingerprint density at radius 2 is 2.25 bits per heavy atom. The molecule has 0 saturated heterocycles. The summed E-state index contributed by atoms with van der Waals surface area (Å²) in [4.78, 5) is 31.3. The van der Waals surface area contributed by atoms with Crippen LogP contribution in [-0.4, -0.2) is 38.1 Å². The molecule has 0 bridgehead atoms. The maximum Gasteiger partial charge on any atom is 0.274 e. The lowest BCUT2D eigenvalue weighted by molar-refractivity contribution is -0.114. The van der Waals surface area contributed by atoms with Gasteiger partial charge in [0, 0.05) is 10.5 Å². The Morgan fingerprint density at radius 3 is 3.00 bits per heavy atom. The smallest absolute Gasteiger partial charge is 0.274 e. The largest absolute Gasteiger partial charge is 0.510 e. The van der Waals surface area contributed by atoms with Crippen LogP contribution >= 0.6 is 39.5 Å². The van der Waals surface area contributed by atoms with E-state index in [1.807, 2.05) is 25.1 Å². The summed E-state index contributed by atoms with van der Waals surface area (Å²) in [5.41, 5.74) is 1.80. The van der Waals surface area contributed by atoms with Crippen molar-refractivity contribution >= 4 is 67.2 Å². The summed E-state index contributed by atoms with van der Waals surface area (Å²) in [6.07, 6.45) is 1.09. The standard InChI is InChI=1S/C15H12BrN3O3S2/c1-7-2-3-9(8(16)4-7)17-12(22)6-23-15-19-14-13(24-15)10(20)5-11(21)18-14/h2-5,13,20H,6H2,1H3,(H,17,22). The molecule has 2 aliphatic rings. The van der Waals surface area contributed by atoms with E-state index in [0.29, 0.717) is 10.1 Å². The highest BCUT2D eigenvalue weighted by molar-refractivity contribution is 9.10. The van der Waals surface area contributed by atoms with E-state index in [1.54, 1.807) is 0 Å². The molecule has 2 N–H and O–H groups in total. The monoisotopic (exact) mass is 425 g/mol. The average molecular weight is 426 g/mol. The molecule has 2 amide bonds. The molecule has 0 aliphatic carbocycles. The molecule has 3 rings (SSSR count). The summed E-state index contributed by atoms with van der Waals surface area (Å²) in [6.45, 7) is 1.97. The molecule has 24 heavy (non-hydrogen) atoms. The molecular weight excluding hydrogens is 414 g/mol. The number of benzene rings is 1. The van der Waals surface area contributed by atoms with Crippen LogP contribution in [0.5, 0.6) is 0 Å². The molecule has 2 aliphatic heterocycles. The lowest BCUT2D eigenvalue weighted by atomic mass is 10.2. The molecule has 1 aromatic rings. The molecule has 0 aromatic heterocycles. The van der Waals surface area contributed by atoms with E-state index >= 15 is 0 Å². The average Bonchev–Trinajstić information content (AvgIpc) is 2.91. The number of aliphatic imine (C=N–C) groups is 2. The molecule has 1 aromatic carbocycles. The van der Waals surface area contributed by atoms with Crippen LogP contribution in [0.15, 0.2) is 44.5 Å². The number of aliphatic hydroxyl groups is 1. The fourth-order valence-corrected chi connectivity index (χ4v) is 4.62. The maximum absolute atomic E-state index is 12.1. The van der Waals surface area contributed by atoms with Crippen LogP contribution in [0.25, 0.3) is 0 Å². The third-order valence-corrected chi connectivity index (χ3v) is 6.17. The van der Waals surface area contributed by atoms with E-state index in [1.165, 1.54) is 23.5 Å². The van der Waals surface area contributed by atoms with Crippen LogP contribution < -0.4 is 5.32 Å². The number of anilines is 1. The predicted molar refractivity (Wildman–Crippen MR) is 102 cm³/mol. The summed E-state index contributed by atoms with van der Waals surface area (Å²) in [5, 5.41) is 12.1. The molecule has 6 nitrogen and oxygen atoms in total. The second kappa shape index (κ2) is 7.12. The number of amidine groups is 1. The first kappa shape index (κ1) is 17.2. The van der Waals surface area contributed by atoms with Crippen molar-refractivity contribution in [1.29, 1.82) is 0 Å². The Morgan fingerprint density at radius 1 is 1.46 bits per heavy atom. The Labute approximate surface area is 155 Å². The second-order valence-corrected chi connectivity index (χ2v) is 8.24. The van der Waals surface area contributed by atoms with Crippen molar-refractivity contribution in [2.45, 2.75) is 12.2 Å². The van der Waals surface area contributed by atoms with Crippen molar-refractivity contribution in [3.05, 3.63) is 40.1 Å². The topological polar surface area (TPSA) is 91.1 Å². The van der Waals surface area contributed by atoms with Crippen LogP contribution in [0.4, 0.5) is 5.69 Å².